The fourth-order valence-corrected chi connectivity index (χ4v) is 6.50. The van der Waals surface area contributed by atoms with Gasteiger partial charge in [-0.3, -0.25) is 14.5 Å². The summed E-state index contributed by atoms with van der Waals surface area (Å²) in [5.41, 5.74) is 8.11. The lowest BCUT2D eigenvalue weighted by molar-refractivity contribution is 0.0931. The van der Waals surface area contributed by atoms with Crippen LogP contribution in [-0.4, -0.2) is 90.4 Å². The highest BCUT2D eigenvalue weighted by Crippen LogP contribution is 2.27. The van der Waals surface area contributed by atoms with Crippen molar-refractivity contribution in [1.29, 1.82) is 0 Å². The number of nitrogens with two attached hydrogens (primary N) is 1. The van der Waals surface area contributed by atoms with E-state index in [0.29, 0.717) is 30.4 Å². The highest BCUT2D eigenvalue weighted by molar-refractivity contribution is 5.96. The van der Waals surface area contributed by atoms with E-state index in [0.717, 1.165) is 50.7 Å². The number of piperazine rings is 1. The van der Waals surface area contributed by atoms with Gasteiger partial charge in [0.05, 0.1) is 7.11 Å². The number of amides is 2. The van der Waals surface area contributed by atoms with Crippen molar-refractivity contribution in [2.75, 3.05) is 61.5 Å². The fourth-order valence-electron chi connectivity index (χ4n) is 6.50. The van der Waals surface area contributed by atoms with Crippen LogP contribution in [0.2, 0.25) is 0 Å². The van der Waals surface area contributed by atoms with Gasteiger partial charge >= 0.3 is 0 Å². The van der Waals surface area contributed by atoms with Gasteiger partial charge in [0.15, 0.2) is 11.5 Å². The number of anilines is 4. The van der Waals surface area contributed by atoms with Gasteiger partial charge in [-0.25, -0.2) is 0 Å². The van der Waals surface area contributed by atoms with Crippen LogP contribution in [0.3, 0.4) is 0 Å². The minimum atomic E-state index is -0.709. The number of hydrogen-bond acceptors (Lipinski definition) is 10. The topological polar surface area (TPSA) is 142 Å². The Morgan fingerprint density at radius 3 is 2.27 bits per heavy atom. The lowest BCUT2D eigenvalue weighted by Gasteiger charge is -2.39. The summed E-state index contributed by atoms with van der Waals surface area (Å²) in [5.74, 6) is 0.466. The van der Waals surface area contributed by atoms with Crippen molar-refractivity contribution in [3.05, 3.63) is 59.8 Å². The molecule has 1 aromatic heterocycles. The molecular formula is C32H41N9O3. The Kier molecular flexibility index (Phi) is 9.06. The van der Waals surface area contributed by atoms with E-state index in [1.54, 1.807) is 31.4 Å². The van der Waals surface area contributed by atoms with Gasteiger partial charge in [0.25, 0.3) is 11.8 Å². The van der Waals surface area contributed by atoms with E-state index in [2.05, 4.69) is 47.7 Å². The van der Waals surface area contributed by atoms with Crippen LogP contribution in [-0.2, 0) is 0 Å². The first kappa shape index (κ1) is 29.6. The van der Waals surface area contributed by atoms with Gasteiger partial charge in [0, 0.05) is 68.3 Å². The van der Waals surface area contributed by atoms with Crippen LogP contribution in [0, 0.1) is 0 Å². The molecule has 6 rings (SSSR count). The van der Waals surface area contributed by atoms with E-state index in [9.17, 15) is 9.59 Å². The summed E-state index contributed by atoms with van der Waals surface area (Å²) in [6, 6.07) is 15.8. The number of carbonyl (C=O) groups is 2. The average molecular weight is 600 g/mol. The van der Waals surface area contributed by atoms with Crippen molar-refractivity contribution in [2.24, 2.45) is 5.73 Å². The molecule has 4 N–H and O–H groups in total. The van der Waals surface area contributed by atoms with E-state index in [1.807, 2.05) is 17.0 Å². The summed E-state index contributed by atoms with van der Waals surface area (Å²) >= 11 is 0. The number of ether oxygens (including phenoxy) is 1. The molecule has 0 radical (unpaired) electrons. The molecule has 2 saturated heterocycles. The normalized spacial score (nSPS) is 19.5. The highest BCUT2D eigenvalue weighted by atomic mass is 16.5. The quantitative estimate of drug-likeness (QED) is 0.336. The molecule has 0 spiro atoms. The molecule has 1 aliphatic carbocycles. The molecule has 3 aliphatic rings. The number of rotatable bonds is 9. The van der Waals surface area contributed by atoms with Gasteiger partial charge in [0.2, 0.25) is 5.95 Å². The zero-order valence-electron chi connectivity index (χ0n) is 25.2. The third-order valence-corrected chi connectivity index (χ3v) is 8.95. The first-order valence-electron chi connectivity index (χ1n) is 15.6. The van der Waals surface area contributed by atoms with Gasteiger partial charge in [-0.15, -0.1) is 10.2 Å². The molecule has 1 atom stereocenters. The number of methoxy groups -OCH3 is 1. The number of aromatic nitrogens is 3. The molecule has 1 saturated carbocycles. The third kappa shape index (κ3) is 6.85. The minimum absolute atomic E-state index is 0.0257. The average Bonchev–Trinajstić information content (AvgIpc) is 3.61. The second-order valence-corrected chi connectivity index (χ2v) is 11.8. The molecule has 3 fully saturated rings. The molecule has 2 aromatic carbocycles. The van der Waals surface area contributed by atoms with Gasteiger partial charge in [-0.1, -0.05) is 12.8 Å². The first-order valence-corrected chi connectivity index (χ1v) is 15.6. The SMILES string of the molecule is COc1ccc(C(=O)NC2CCCN(c3nnc(C(N)=O)c(Nc4ccc(N5CCN(C6CCCC6)CC5)cc4)n3)C2)cc1. The third-order valence-electron chi connectivity index (χ3n) is 8.95. The maximum absolute atomic E-state index is 12.8. The van der Waals surface area contributed by atoms with Crippen LogP contribution in [0.15, 0.2) is 48.5 Å². The second kappa shape index (κ2) is 13.5. The van der Waals surface area contributed by atoms with Gasteiger partial charge < -0.3 is 30.9 Å². The van der Waals surface area contributed by atoms with E-state index in [4.69, 9.17) is 10.5 Å². The largest absolute Gasteiger partial charge is 0.497 e. The Morgan fingerprint density at radius 2 is 1.59 bits per heavy atom. The summed E-state index contributed by atoms with van der Waals surface area (Å²) in [6.07, 6.45) is 7.08. The molecule has 1 unspecified atom stereocenters. The molecule has 232 valence electrons. The molecule has 12 heteroatoms. The lowest BCUT2D eigenvalue weighted by atomic mass is 10.1. The Bertz CT molecular complexity index is 1440. The van der Waals surface area contributed by atoms with E-state index >= 15 is 0 Å². The molecule has 3 aromatic rings. The van der Waals surface area contributed by atoms with Crippen LogP contribution in [0.1, 0.15) is 59.4 Å². The molecule has 12 nitrogen and oxygen atoms in total. The number of piperidine rings is 1. The molecule has 3 heterocycles. The number of primary amides is 1. The standard InChI is InChI=1S/C32H41N9O3/c1-44-27-14-8-22(9-15-27)31(43)35-24-5-4-16-41(21-24)32-36-30(28(29(33)42)37-38-32)34-23-10-12-26(13-11-23)40-19-17-39(18-20-40)25-6-2-3-7-25/h8-15,24-25H,2-7,16-21H2,1H3,(H2,33,42)(H,35,43)(H,34,36,38). The Morgan fingerprint density at radius 1 is 0.864 bits per heavy atom. The van der Waals surface area contributed by atoms with Crippen LogP contribution < -0.4 is 30.9 Å². The predicted molar refractivity (Wildman–Crippen MR) is 170 cm³/mol. The summed E-state index contributed by atoms with van der Waals surface area (Å²) in [5, 5.41) is 14.7. The van der Waals surface area contributed by atoms with Crippen LogP contribution in [0.4, 0.5) is 23.1 Å². The van der Waals surface area contributed by atoms with Crippen molar-refractivity contribution >= 4 is 35.0 Å². The molecular weight excluding hydrogens is 558 g/mol. The van der Waals surface area contributed by atoms with Crippen LogP contribution in [0.5, 0.6) is 5.75 Å². The number of benzene rings is 2. The summed E-state index contributed by atoms with van der Waals surface area (Å²) in [6.45, 7) is 5.46. The lowest BCUT2D eigenvalue weighted by Crippen LogP contribution is -2.49. The fraction of sp³-hybridized carbons (Fsp3) is 0.469. The number of hydrogen-bond donors (Lipinski definition) is 3. The number of nitrogens with one attached hydrogen (secondary N) is 2. The van der Waals surface area contributed by atoms with Crippen molar-refractivity contribution in [2.45, 2.75) is 50.6 Å². The Balaban J connectivity index is 1.09. The van der Waals surface area contributed by atoms with Crippen molar-refractivity contribution < 1.29 is 14.3 Å². The highest BCUT2D eigenvalue weighted by Gasteiger charge is 2.27. The molecule has 2 aliphatic heterocycles. The maximum atomic E-state index is 12.8. The monoisotopic (exact) mass is 599 g/mol. The summed E-state index contributed by atoms with van der Waals surface area (Å²) in [4.78, 5) is 36.7. The Hall–Kier alpha value is -4.45. The van der Waals surface area contributed by atoms with Gasteiger partial charge in [0.1, 0.15) is 5.75 Å². The first-order chi connectivity index (χ1) is 21.5. The van der Waals surface area contributed by atoms with Gasteiger partial charge in [-0.2, -0.15) is 4.98 Å². The molecule has 2 amide bonds. The minimum Gasteiger partial charge on any atom is -0.497 e. The maximum Gasteiger partial charge on any atom is 0.273 e. The zero-order chi connectivity index (χ0) is 30.5. The predicted octanol–water partition coefficient (Wildman–Crippen LogP) is 3.19. The Labute approximate surface area is 258 Å². The summed E-state index contributed by atoms with van der Waals surface area (Å²) < 4.78 is 5.18. The van der Waals surface area contributed by atoms with Crippen LogP contribution >= 0.6 is 0 Å². The zero-order valence-corrected chi connectivity index (χ0v) is 25.2. The number of nitrogens with zero attached hydrogens (tertiary/aromatic N) is 6. The van der Waals surface area contributed by atoms with E-state index in [-0.39, 0.29) is 23.5 Å². The molecule has 44 heavy (non-hydrogen) atoms. The van der Waals surface area contributed by atoms with Crippen molar-refractivity contribution in [3.8, 4) is 5.75 Å². The van der Waals surface area contributed by atoms with Gasteiger partial charge in [-0.05, 0) is 74.2 Å². The summed E-state index contributed by atoms with van der Waals surface area (Å²) in [7, 11) is 1.59. The van der Waals surface area contributed by atoms with Crippen molar-refractivity contribution in [3.63, 3.8) is 0 Å². The number of carbonyl (C=O) groups excluding carboxylic acids is 2. The van der Waals surface area contributed by atoms with E-state index in [1.165, 1.54) is 31.4 Å². The van der Waals surface area contributed by atoms with Crippen LogP contribution in [0.25, 0.3) is 0 Å². The second-order valence-electron chi connectivity index (χ2n) is 11.8. The van der Waals surface area contributed by atoms with E-state index < -0.39 is 5.91 Å². The van der Waals surface area contributed by atoms with Crippen molar-refractivity contribution in [1.82, 2.24) is 25.4 Å². The smallest absolute Gasteiger partial charge is 0.273 e. The molecule has 0 bridgehead atoms.